The molecule has 0 N–H and O–H groups in total. The largest absolute Gasteiger partial charge is 0.519 e. The van der Waals surface area contributed by atoms with Crippen molar-refractivity contribution in [2.45, 2.75) is 78.6 Å². The zero-order valence-electron chi connectivity index (χ0n) is 15.7. The van der Waals surface area contributed by atoms with Crippen LogP contribution in [-0.4, -0.2) is 14.4 Å². The summed E-state index contributed by atoms with van der Waals surface area (Å²) in [7, 11) is -1.86. The average molecular weight is 323 g/mol. The first-order chi connectivity index (χ1) is 9.98. The number of ether oxygens (including phenoxy) is 1. The highest BCUT2D eigenvalue weighted by Crippen LogP contribution is 2.39. The van der Waals surface area contributed by atoms with Crippen LogP contribution in [0.5, 0.6) is 0 Å². The van der Waals surface area contributed by atoms with Crippen LogP contribution in [0.15, 0.2) is 35.8 Å². The van der Waals surface area contributed by atoms with Crippen LogP contribution in [0, 0.1) is 5.92 Å². The van der Waals surface area contributed by atoms with Gasteiger partial charge in [0.2, 0.25) is 0 Å². The molecule has 0 bridgehead atoms. The molecule has 126 valence electrons. The van der Waals surface area contributed by atoms with E-state index in [4.69, 9.17) is 9.16 Å². The molecular formula is C19H34O2Si. The summed E-state index contributed by atoms with van der Waals surface area (Å²) in [6.45, 7) is 21.6. The zero-order valence-corrected chi connectivity index (χ0v) is 16.7. The minimum Gasteiger partial charge on any atom is -0.519 e. The Morgan fingerprint density at radius 3 is 2.41 bits per heavy atom. The number of rotatable bonds is 5. The molecular weight excluding hydrogens is 288 g/mol. The van der Waals surface area contributed by atoms with Crippen molar-refractivity contribution in [3.05, 3.63) is 35.8 Å². The number of allylic oxidation sites excluding steroid dienone is 3. The Bertz CT molecular complexity index is 466. The Hall–Kier alpha value is -0.963. The monoisotopic (exact) mass is 322 g/mol. The summed E-state index contributed by atoms with van der Waals surface area (Å²) in [4.78, 5) is 0. The van der Waals surface area contributed by atoms with Crippen LogP contribution < -0.4 is 0 Å². The highest BCUT2D eigenvalue weighted by molar-refractivity contribution is 6.74. The molecule has 0 aliphatic heterocycles. The van der Waals surface area contributed by atoms with Gasteiger partial charge in [0.1, 0.15) is 6.10 Å². The first kappa shape index (κ1) is 19.1. The average Bonchev–Trinajstić information content (AvgIpc) is 2.38. The molecule has 0 unspecified atom stereocenters. The van der Waals surface area contributed by atoms with Gasteiger partial charge in [-0.2, -0.15) is 0 Å². The second-order valence-corrected chi connectivity index (χ2v) is 12.8. The van der Waals surface area contributed by atoms with Gasteiger partial charge in [0.15, 0.2) is 0 Å². The van der Waals surface area contributed by atoms with Crippen molar-refractivity contribution in [2.75, 3.05) is 0 Å². The quantitative estimate of drug-likeness (QED) is 0.341. The molecule has 1 rings (SSSR count). The fraction of sp³-hybridized carbons (Fsp3) is 0.684. The maximum atomic E-state index is 6.33. The normalized spacial score (nSPS) is 23.8. The van der Waals surface area contributed by atoms with E-state index in [1.54, 1.807) is 0 Å². The molecule has 0 fully saturated rings. The molecule has 2 atom stereocenters. The third kappa shape index (κ3) is 4.77. The highest BCUT2D eigenvalue weighted by atomic mass is 28.4. The molecule has 0 aromatic carbocycles. The second kappa shape index (κ2) is 7.07. The zero-order chi connectivity index (χ0) is 17.1. The van der Waals surface area contributed by atoms with Crippen molar-refractivity contribution >= 4 is 8.32 Å². The standard InChI is InChI=1S/C19H34O2Si/c1-10-18(21-22(8,9)19(5,6)7)20-17-13-16(14(2)3)12-11-15(17)4/h10-11,16-17H,2,12-13H2,1,3-9H3/b18-10+/t16-,17-/m1/s1. The van der Waals surface area contributed by atoms with Gasteiger partial charge in [0.05, 0.1) is 0 Å². The van der Waals surface area contributed by atoms with Crippen LogP contribution >= 0.6 is 0 Å². The summed E-state index contributed by atoms with van der Waals surface area (Å²) >= 11 is 0. The van der Waals surface area contributed by atoms with Gasteiger partial charge in [-0.1, -0.05) is 39.0 Å². The molecule has 2 nitrogen and oxygen atoms in total. The predicted molar refractivity (Wildman–Crippen MR) is 98.2 cm³/mol. The lowest BCUT2D eigenvalue weighted by atomic mass is 9.84. The highest BCUT2D eigenvalue weighted by Gasteiger charge is 2.40. The molecule has 0 saturated heterocycles. The Morgan fingerprint density at radius 2 is 1.95 bits per heavy atom. The van der Waals surface area contributed by atoms with Gasteiger partial charge in [0.25, 0.3) is 14.3 Å². The third-order valence-corrected chi connectivity index (χ3v) is 9.41. The summed E-state index contributed by atoms with van der Waals surface area (Å²) in [5.41, 5.74) is 2.54. The van der Waals surface area contributed by atoms with E-state index in [0.717, 1.165) is 12.8 Å². The maximum Gasteiger partial charge on any atom is 0.261 e. The second-order valence-electron chi connectivity index (χ2n) is 8.04. The first-order valence-corrected chi connectivity index (χ1v) is 11.2. The lowest BCUT2D eigenvalue weighted by Gasteiger charge is -2.38. The predicted octanol–water partition coefficient (Wildman–Crippen LogP) is 6.19. The molecule has 0 aromatic rings. The minimum atomic E-state index is -1.86. The van der Waals surface area contributed by atoms with Gasteiger partial charge in [-0.15, -0.1) is 0 Å². The lowest BCUT2D eigenvalue weighted by Crippen LogP contribution is -2.41. The van der Waals surface area contributed by atoms with Gasteiger partial charge in [-0.25, -0.2) is 0 Å². The summed E-state index contributed by atoms with van der Waals surface area (Å²) in [6.07, 6.45) is 6.42. The Balaban J connectivity index is 2.81. The third-order valence-electron chi connectivity index (χ3n) is 5.08. The van der Waals surface area contributed by atoms with E-state index in [9.17, 15) is 0 Å². The van der Waals surface area contributed by atoms with Crippen molar-refractivity contribution < 1.29 is 9.16 Å². The van der Waals surface area contributed by atoms with E-state index < -0.39 is 8.32 Å². The maximum absolute atomic E-state index is 6.33. The van der Waals surface area contributed by atoms with Crippen LogP contribution in [0.4, 0.5) is 0 Å². The summed E-state index contributed by atoms with van der Waals surface area (Å²) in [6, 6.07) is 0. The molecule has 0 radical (unpaired) electrons. The van der Waals surface area contributed by atoms with Crippen molar-refractivity contribution in [3.63, 3.8) is 0 Å². The number of hydrogen-bond acceptors (Lipinski definition) is 2. The topological polar surface area (TPSA) is 18.5 Å². The van der Waals surface area contributed by atoms with Crippen molar-refractivity contribution in [3.8, 4) is 0 Å². The lowest BCUT2D eigenvalue weighted by molar-refractivity contribution is 0.0416. The van der Waals surface area contributed by atoms with Crippen LogP contribution in [0.1, 0.15) is 54.4 Å². The SMILES string of the molecule is C=C(C)[C@@H]1CC=C(C)[C@H](O/C(=C\C)O[Si](C)(C)C(C)(C)C)C1. The van der Waals surface area contributed by atoms with Crippen LogP contribution in [0.3, 0.4) is 0 Å². The molecule has 22 heavy (non-hydrogen) atoms. The van der Waals surface area contributed by atoms with E-state index >= 15 is 0 Å². The minimum absolute atomic E-state index is 0.103. The first-order valence-electron chi connectivity index (χ1n) is 8.32. The molecule has 0 spiro atoms. The summed E-state index contributed by atoms with van der Waals surface area (Å²) in [5.74, 6) is 1.20. The van der Waals surface area contributed by atoms with Gasteiger partial charge in [-0.05, 0) is 69.3 Å². The van der Waals surface area contributed by atoms with Gasteiger partial charge in [-0.3, -0.25) is 0 Å². The fourth-order valence-corrected chi connectivity index (χ4v) is 3.21. The Labute approximate surface area is 138 Å². The molecule has 0 heterocycles. The molecule has 3 heteroatoms. The van der Waals surface area contributed by atoms with Crippen LogP contribution in [0.2, 0.25) is 18.1 Å². The Morgan fingerprint density at radius 1 is 1.36 bits per heavy atom. The van der Waals surface area contributed by atoms with E-state index in [1.807, 2.05) is 13.0 Å². The van der Waals surface area contributed by atoms with Crippen molar-refractivity contribution in [2.24, 2.45) is 5.92 Å². The van der Waals surface area contributed by atoms with Crippen LogP contribution in [0.25, 0.3) is 0 Å². The number of hydrogen-bond donors (Lipinski definition) is 0. The van der Waals surface area contributed by atoms with Gasteiger partial charge in [0, 0.05) is 0 Å². The smallest absolute Gasteiger partial charge is 0.261 e. The van der Waals surface area contributed by atoms with E-state index in [2.05, 4.69) is 60.4 Å². The van der Waals surface area contributed by atoms with E-state index in [-0.39, 0.29) is 11.1 Å². The summed E-state index contributed by atoms with van der Waals surface area (Å²) in [5, 5.41) is 0.169. The van der Waals surface area contributed by atoms with Crippen molar-refractivity contribution in [1.82, 2.24) is 0 Å². The summed E-state index contributed by atoms with van der Waals surface area (Å²) < 4.78 is 12.6. The van der Waals surface area contributed by atoms with Crippen LogP contribution in [-0.2, 0) is 9.16 Å². The van der Waals surface area contributed by atoms with Gasteiger partial charge < -0.3 is 9.16 Å². The molecule has 0 saturated carbocycles. The van der Waals surface area contributed by atoms with E-state index in [1.165, 1.54) is 11.1 Å². The molecule has 0 aromatic heterocycles. The molecule has 0 amide bonds. The van der Waals surface area contributed by atoms with Crippen molar-refractivity contribution in [1.29, 1.82) is 0 Å². The fourth-order valence-electron chi connectivity index (χ4n) is 2.24. The van der Waals surface area contributed by atoms with E-state index in [0.29, 0.717) is 11.9 Å². The Kier molecular flexibility index (Phi) is 6.14. The molecule has 1 aliphatic rings. The van der Waals surface area contributed by atoms with Gasteiger partial charge >= 0.3 is 0 Å². The molecule has 1 aliphatic carbocycles.